The van der Waals surface area contributed by atoms with Crippen molar-refractivity contribution in [3.05, 3.63) is 53.3 Å². The monoisotopic (exact) mass is 376 g/mol. The Bertz CT molecular complexity index is 829. The number of rotatable bonds is 6. The van der Waals surface area contributed by atoms with E-state index in [2.05, 4.69) is 0 Å². The zero-order chi connectivity index (χ0) is 18.8. The van der Waals surface area contributed by atoms with Crippen LogP contribution in [0.2, 0.25) is 0 Å². The second kappa shape index (κ2) is 7.19. The fraction of sp³-hybridized carbons (Fsp3) is 0.375. The highest BCUT2D eigenvalue weighted by molar-refractivity contribution is 7.88. The van der Waals surface area contributed by atoms with E-state index in [-0.39, 0.29) is 23.7 Å². The molecule has 0 bridgehead atoms. The van der Waals surface area contributed by atoms with Crippen LogP contribution in [-0.2, 0) is 29.3 Å². The van der Waals surface area contributed by atoms with Crippen LogP contribution in [0.5, 0.6) is 0 Å². The lowest BCUT2D eigenvalue weighted by Crippen LogP contribution is -2.22. The van der Waals surface area contributed by atoms with E-state index < -0.39 is 21.8 Å². The number of halogens is 3. The van der Waals surface area contributed by atoms with Gasteiger partial charge in [-0.05, 0) is 30.8 Å². The van der Waals surface area contributed by atoms with Gasteiger partial charge in [-0.3, -0.25) is 4.90 Å². The van der Waals surface area contributed by atoms with E-state index in [1.165, 1.54) is 38.4 Å². The predicted molar refractivity (Wildman–Crippen MR) is 86.2 cm³/mol. The Hall–Kier alpha value is -1.84. The summed E-state index contributed by atoms with van der Waals surface area (Å²) in [4.78, 5) is 1.62. The minimum Gasteiger partial charge on any atom is -0.447 e. The lowest BCUT2D eigenvalue weighted by Gasteiger charge is -2.19. The molecule has 2 aromatic rings. The smallest absolute Gasteiger partial charge is 0.416 e. The first-order valence-electron chi connectivity index (χ1n) is 7.36. The third-order valence-corrected chi connectivity index (χ3v) is 5.25. The second-order valence-corrected chi connectivity index (χ2v) is 7.92. The third kappa shape index (κ3) is 4.62. The van der Waals surface area contributed by atoms with E-state index >= 15 is 0 Å². The van der Waals surface area contributed by atoms with Crippen molar-refractivity contribution in [2.45, 2.75) is 24.4 Å². The Morgan fingerprint density at radius 1 is 1.00 bits per heavy atom. The van der Waals surface area contributed by atoms with Gasteiger partial charge in [-0.15, -0.1) is 0 Å². The van der Waals surface area contributed by atoms with Crippen LogP contribution in [0.25, 0.3) is 0 Å². The highest BCUT2D eigenvalue weighted by Gasteiger charge is 2.33. The van der Waals surface area contributed by atoms with Crippen LogP contribution < -0.4 is 0 Å². The highest BCUT2D eigenvalue weighted by atomic mass is 32.2. The Balaban J connectivity index is 2.12. The van der Waals surface area contributed by atoms with Crippen molar-refractivity contribution in [3.63, 3.8) is 0 Å². The van der Waals surface area contributed by atoms with Gasteiger partial charge < -0.3 is 4.42 Å². The van der Waals surface area contributed by atoms with Gasteiger partial charge in [-0.25, -0.2) is 12.7 Å². The van der Waals surface area contributed by atoms with Crippen LogP contribution in [-0.4, -0.2) is 38.8 Å². The summed E-state index contributed by atoms with van der Waals surface area (Å²) < 4.78 is 69.4. The van der Waals surface area contributed by atoms with Gasteiger partial charge in [0, 0.05) is 20.6 Å². The van der Waals surface area contributed by atoms with Crippen molar-refractivity contribution in [3.8, 4) is 0 Å². The van der Waals surface area contributed by atoms with Gasteiger partial charge in [0.2, 0.25) is 5.09 Å². The van der Waals surface area contributed by atoms with Crippen LogP contribution in [0.15, 0.2) is 45.9 Å². The molecule has 0 fully saturated rings. The maximum absolute atomic E-state index is 13.0. The molecular weight excluding hydrogens is 357 g/mol. The Labute approximate surface area is 144 Å². The standard InChI is InChI=1S/C16H19F3N2O3S/c1-20(2)25(22,23)15-9-8-13(24-15)11-21(3)10-12-6-4-5-7-14(12)16(17,18)19/h4-9H,10-11H2,1-3H3. The first-order valence-corrected chi connectivity index (χ1v) is 8.80. The van der Waals surface area contributed by atoms with E-state index in [1.807, 2.05) is 0 Å². The third-order valence-electron chi connectivity index (χ3n) is 3.56. The van der Waals surface area contributed by atoms with E-state index in [0.29, 0.717) is 5.76 Å². The molecule has 1 aromatic carbocycles. The molecule has 0 saturated carbocycles. The largest absolute Gasteiger partial charge is 0.447 e. The molecule has 0 aliphatic heterocycles. The fourth-order valence-corrected chi connectivity index (χ4v) is 3.12. The highest BCUT2D eigenvalue weighted by Crippen LogP contribution is 2.32. The first-order chi connectivity index (χ1) is 11.5. The summed E-state index contributed by atoms with van der Waals surface area (Å²) in [5, 5.41) is -0.198. The molecule has 0 aliphatic carbocycles. The Morgan fingerprint density at radius 3 is 2.24 bits per heavy atom. The topological polar surface area (TPSA) is 53.8 Å². The molecule has 25 heavy (non-hydrogen) atoms. The number of furan rings is 1. The average Bonchev–Trinajstić information content (AvgIpc) is 2.95. The second-order valence-electron chi connectivity index (χ2n) is 5.84. The zero-order valence-electron chi connectivity index (χ0n) is 14.0. The molecule has 0 amide bonds. The van der Waals surface area contributed by atoms with Gasteiger partial charge in [0.1, 0.15) is 5.76 Å². The SMILES string of the molecule is CN(Cc1ccc(S(=O)(=O)N(C)C)o1)Cc1ccccc1C(F)(F)F. The quantitative estimate of drug-likeness (QED) is 0.777. The molecule has 5 nitrogen and oxygen atoms in total. The van der Waals surface area contributed by atoms with Crippen molar-refractivity contribution in [2.75, 3.05) is 21.1 Å². The van der Waals surface area contributed by atoms with Crippen molar-refractivity contribution in [2.24, 2.45) is 0 Å². The average molecular weight is 376 g/mol. The summed E-state index contributed by atoms with van der Waals surface area (Å²) in [6.07, 6.45) is -4.42. The molecule has 1 aromatic heterocycles. The molecule has 0 unspecified atom stereocenters. The van der Waals surface area contributed by atoms with Crippen molar-refractivity contribution in [1.29, 1.82) is 0 Å². The van der Waals surface area contributed by atoms with Gasteiger partial charge in [0.05, 0.1) is 12.1 Å². The molecule has 2 rings (SSSR count). The number of alkyl halides is 3. The van der Waals surface area contributed by atoms with Crippen LogP contribution in [0.1, 0.15) is 16.9 Å². The summed E-state index contributed by atoms with van der Waals surface area (Å²) in [7, 11) is 0.731. The number of nitrogens with zero attached hydrogens (tertiary/aromatic N) is 2. The van der Waals surface area contributed by atoms with Gasteiger partial charge in [-0.2, -0.15) is 13.2 Å². The molecule has 138 valence electrons. The summed E-state index contributed by atoms with van der Waals surface area (Å²) >= 11 is 0. The normalized spacial score (nSPS) is 13.0. The van der Waals surface area contributed by atoms with Crippen molar-refractivity contribution < 1.29 is 26.0 Å². The summed E-state index contributed by atoms with van der Waals surface area (Å²) in [6, 6.07) is 8.19. The van der Waals surface area contributed by atoms with E-state index in [0.717, 1.165) is 10.4 Å². The van der Waals surface area contributed by atoms with E-state index in [1.54, 1.807) is 18.0 Å². The molecule has 0 saturated heterocycles. The van der Waals surface area contributed by atoms with Gasteiger partial charge in [0.25, 0.3) is 10.0 Å². The Kier molecular flexibility index (Phi) is 5.60. The van der Waals surface area contributed by atoms with Gasteiger partial charge >= 0.3 is 6.18 Å². The number of hydrogen-bond donors (Lipinski definition) is 0. The zero-order valence-corrected chi connectivity index (χ0v) is 14.9. The van der Waals surface area contributed by atoms with E-state index in [9.17, 15) is 21.6 Å². The fourth-order valence-electron chi connectivity index (χ4n) is 2.31. The summed E-state index contributed by atoms with van der Waals surface area (Å²) in [6.45, 7) is 0.223. The maximum Gasteiger partial charge on any atom is 0.416 e. The van der Waals surface area contributed by atoms with Crippen molar-refractivity contribution >= 4 is 10.0 Å². The minimum atomic E-state index is -4.42. The molecule has 0 spiro atoms. The minimum absolute atomic E-state index is 0.0478. The van der Waals surface area contributed by atoms with Crippen molar-refractivity contribution in [1.82, 2.24) is 9.21 Å². The van der Waals surface area contributed by atoms with Gasteiger partial charge in [-0.1, -0.05) is 18.2 Å². The lowest BCUT2D eigenvalue weighted by molar-refractivity contribution is -0.138. The number of hydrogen-bond acceptors (Lipinski definition) is 4. The van der Waals surface area contributed by atoms with Crippen LogP contribution in [0.3, 0.4) is 0 Å². The molecule has 1 heterocycles. The van der Waals surface area contributed by atoms with Gasteiger partial charge in [0.15, 0.2) is 0 Å². The number of benzene rings is 1. The molecular formula is C16H19F3N2O3S. The number of sulfonamides is 1. The molecule has 0 aliphatic rings. The molecule has 9 heteroatoms. The Morgan fingerprint density at radius 2 is 1.64 bits per heavy atom. The predicted octanol–water partition coefficient (Wildman–Crippen LogP) is 3.18. The maximum atomic E-state index is 13.0. The summed E-state index contributed by atoms with van der Waals surface area (Å²) in [5.41, 5.74) is -0.539. The van der Waals surface area contributed by atoms with Crippen LogP contribution in [0, 0.1) is 0 Å². The molecule has 0 radical (unpaired) electrons. The summed E-state index contributed by atoms with van der Waals surface area (Å²) in [5.74, 6) is 0.354. The van der Waals surface area contributed by atoms with Crippen LogP contribution in [0.4, 0.5) is 13.2 Å². The van der Waals surface area contributed by atoms with E-state index in [4.69, 9.17) is 4.42 Å². The first kappa shape index (κ1) is 19.5. The molecule has 0 N–H and O–H groups in total. The van der Waals surface area contributed by atoms with Crippen LogP contribution >= 0.6 is 0 Å². The molecule has 0 atom stereocenters. The lowest BCUT2D eigenvalue weighted by atomic mass is 10.1.